The first-order chi connectivity index (χ1) is 12.0. The lowest BCUT2D eigenvalue weighted by Crippen LogP contribution is -2.43. The van der Waals surface area contributed by atoms with Crippen molar-refractivity contribution in [3.63, 3.8) is 0 Å². The van der Waals surface area contributed by atoms with Crippen molar-refractivity contribution < 1.29 is 14.3 Å². The molecule has 0 fully saturated rings. The number of hydrogen-bond acceptors (Lipinski definition) is 2. The average molecular weight is 359 g/mol. The van der Waals surface area contributed by atoms with Gasteiger partial charge in [-0.25, -0.2) is 0 Å². The maximum Gasteiger partial charge on any atom is 0.126 e. The molecule has 1 atom stereocenters. The molecule has 0 aliphatic carbocycles. The summed E-state index contributed by atoms with van der Waals surface area (Å²) in [6.45, 7) is 4.31. The first-order valence-corrected chi connectivity index (χ1v) is 11.0. The molecule has 1 unspecified atom stereocenters. The lowest BCUT2D eigenvalue weighted by atomic mass is 10.0. The van der Waals surface area contributed by atoms with Crippen molar-refractivity contribution in [2.45, 2.75) is 103 Å². The molecule has 1 N–H and O–H groups in total. The zero-order chi connectivity index (χ0) is 18.8. The van der Waals surface area contributed by atoms with Crippen molar-refractivity contribution in [3.8, 4) is 0 Å². The van der Waals surface area contributed by atoms with Crippen molar-refractivity contribution in [1.82, 2.24) is 0 Å². The molecule has 152 valence electrons. The minimum atomic E-state index is -0.341. The summed E-state index contributed by atoms with van der Waals surface area (Å²) in [7, 11) is 6.28. The van der Waals surface area contributed by atoms with Crippen molar-refractivity contribution in [2.75, 3.05) is 40.9 Å². The van der Waals surface area contributed by atoms with Gasteiger partial charge in [0.25, 0.3) is 0 Å². The van der Waals surface area contributed by atoms with E-state index in [-0.39, 0.29) is 6.10 Å². The van der Waals surface area contributed by atoms with Gasteiger partial charge in [0.2, 0.25) is 0 Å². The Bertz CT molecular complexity index is 263. The summed E-state index contributed by atoms with van der Waals surface area (Å²) in [4.78, 5) is 0. The molecule has 0 bridgehead atoms. The Hall–Kier alpha value is -0.120. The van der Waals surface area contributed by atoms with E-state index in [1.165, 1.54) is 83.5 Å². The van der Waals surface area contributed by atoms with Crippen LogP contribution >= 0.6 is 0 Å². The Labute approximate surface area is 158 Å². The summed E-state index contributed by atoms with van der Waals surface area (Å²) >= 11 is 0. The molecule has 0 radical (unpaired) electrons. The molecule has 25 heavy (non-hydrogen) atoms. The predicted molar refractivity (Wildman–Crippen MR) is 110 cm³/mol. The molecule has 0 aliphatic heterocycles. The predicted octanol–water partition coefficient (Wildman–Crippen LogP) is 5.55. The van der Waals surface area contributed by atoms with Crippen molar-refractivity contribution in [1.29, 1.82) is 0 Å². The quantitative estimate of drug-likeness (QED) is 0.242. The van der Waals surface area contributed by atoms with Crippen LogP contribution in [0.2, 0.25) is 0 Å². The number of unbranched alkanes of at least 4 members (excludes halogenated alkanes) is 13. The van der Waals surface area contributed by atoms with Crippen LogP contribution in [0, 0.1) is 0 Å². The molecule has 0 rings (SSSR count). The van der Waals surface area contributed by atoms with Crippen LogP contribution < -0.4 is 0 Å². The highest BCUT2D eigenvalue weighted by atomic mass is 16.5. The zero-order valence-corrected chi connectivity index (χ0v) is 17.9. The Balaban J connectivity index is 3.12. The van der Waals surface area contributed by atoms with Gasteiger partial charge in [0.05, 0.1) is 27.7 Å². The van der Waals surface area contributed by atoms with Crippen LogP contribution in [0.1, 0.15) is 96.8 Å². The lowest BCUT2D eigenvalue weighted by Gasteiger charge is -2.26. The summed E-state index contributed by atoms with van der Waals surface area (Å²) in [6.07, 6.45) is 19.0. The summed E-state index contributed by atoms with van der Waals surface area (Å²) < 4.78 is 6.37. The van der Waals surface area contributed by atoms with Crippen LogP contribution in [0.15, 0.2) is 0 Å². The largest absolute Gasteiger partial charge is 0.385 e. The lowest BCUT2D eigenvalue weighted by molar-refractivity contribution is -0.873. The Morgan fingerprint density at radius 1 is 0.680 bits per heavy atom. The molecule has 0 saturated carbocycles. The summed E-state index contributed by atoms with van der Waals surface area (Å²) in [5.74, 6) is 0. The summed E-state index contributed by atoms with van der Waals surface area (Å²) in [5.41, 5.74) is 0. The Morgan fingerprint density at radius 3 is 1.48 bits per heavy atom. The number of likely N-dealkylation sites (N-methyl/N-ethyl adjacent to an activating group) is 1. The van der Waals surface area contributed by atoms with Gasteiger partial charge in [-0.2, -0.15) is 0 Å². The first kappa shape index (κ1) is 24.9. The van der Waals surface area contributed by atoms with Gasteiger partial charge in [0.1, 0.15) is 12.6 Å². The van der Waals surface area contributed by atoms with Gasteiger partial charge < -0.3 is 14.3 Å². The van der Waals surface area contributed by atoms with Crippen molar-refractivity contribution in [2.24, 2.45) is 0 Å². The molecule has 0 aliphatic rings. The van der Waals surface area contributed by atoms with E-state index >= 15 is 0 Å². The van der Waals surface area contributed by atoms with Gasteiger partial charge in [-0.1, -0.05) is 90.4 Å². The number of aliphatic hydroxyl groups excluding tert-OH is 1. The van der Waals surface area contributed by atoms with E-state index in [1.54, 1.807) is 0 Å². The second-order valence-electron chi connectivity index (χ2n) is 8.80. The highest BCUT2D eigenvalue weighted by molar-refractivity contribution is 4.52. The van der Waals surface area contributed by atoms with Crippen molar-refractivity contribution in [3.05, 3.63) is 0 Å². The fraction of sp³-hybridized carbons (Fsp3) is 1.00. The van der Waals surface area contributed by atoms with Crippen molar-refractivity contribution >= 4 is 0 Å². The molecule has 0 aromatic carbocycles. The van der Waals surface area contributed by atoms with Crippen LogP contribution in [-0.4, -0.2) is 56.6 Å². The maximum atomic E-state index is 9.86. The van der Waals surface area contributed by atoms with E-state index in [0.29, 0.717) is 6.61 Å². The molecular formula is C22H48NO2+. The van der Waals surface area contributed by atoms with Gasteiger partial charge >= 0.3 is 0 Å². The van der Waals surface area contributed by atoms with Gasteiger partial charge in [0, 0.05) is 6.61 Å². The number of aliphatic hydroxyl groups is 1. The highest BCUT2D eigenvalue weighted by Gasteiger charge is 2.15. The molecule has 3 nitrogen and oxygen atoms in total. The standard InChI is InChI=1S/C22H48NO2/c1-5-6-7-8-9-10-11-12-13-14-15-16-17-18-19-25-21-22(24)20-23(2,3)4/h22,24H,5-21H2,1-4H3/q+1. The van der Waals surface area contributed by atoms with Gasteiger partial charge in [0.15, 0.2) is 0 Å². The average Bonchev–Trinajstić information content (AvgIpc) is 2.53. The van der Waals surface area contributed by atoms with Gasteiger partial charge in [-0.05, 0) is 6.42 Å². The van der Waals surface area contributed by atoms with E-state index in [4.69, 9.17) is 4.74 Å². The summed E-state index contributed by atoms with van der Waals surface area (Å²) in [6, 6.07) is 0. The molecular weight excluding hydrogens is 310 g/mol. The fourth-order valence-electron chi connectivity index (χ4n) is 3.30. The fourth-order valence-corrected chi connectivity index (χ4v) is 3.30. The third-order valence-corrected chi connectivity index (χ3v) is 4.71. The van der Waals surface area contributed by atoms with E-state index < -0.39 is 0 Å². The number of nitrogens with zero attached hydrogens (tertiary/aromatic N) is 1. The van der Waals surface area contributed by atoms with Crippen LogP contribution in [0.5, 0.6) is 0 Å². The van der Waals surface area contributed by atoms with Crippen LogP contribution in [0.25, 0.3) is 0 Å². The van der Waals surface area contributed by atoms with E-state index in [1.807, 2.05) is 0 Å². The molecule has 0 aromatic heterocycles. The van der Waals surface area contributed by atoms with Crippen LogP contribution in [-0.2, 0) is 4.74 Å². The Morgan fingerprint density at radius 2 is 1.08 bits per heavy atom. The van der Waals surface area contributed by atoms with E-state index in [2.05, 4.69) is 28.1 Å². The zero-order valence-electron chi connectivity index (χ0n) is 17.9. The normalized spacial score (nSPS) is 13.3. The van der Waals surface area contributed by atoms with E-state index in [0.717, 1.165) is 24.1 Å². The molecule has 0 aromatic rings. The molecule has 0 spiro atoms. The SMILES string of the molecule is CCCCCCCCCCCCCCCCOCC(O)C[N+](C)(C)C. The molecule has 3 heteroatoms. The highest BCUT2D eigenvalue weighted by Crippen LogP contribution is 2.12. The minimum Gasteiger partial charge on any atom is -0.385 e. The number of rotatable bonds is 19. The second kappa shape index (κ2) is 17.3. The second-order valence-corrected chi connectivity index (χ2v) is 8.80. The smallest absolute Gasteiger partial charge is 0.126 e. The molecule has 0 heterocycles. The van der Waals surface area contributed by atoms with Crippen LogP contribution in [0.3, 0.4) is 0 Å². The number of ether oxygens (including phenoxy) is 1. The molecule has 0 amide bonds. The number of hydrogen-bond donors (Lipinski definition) is 1. The third kappa shape index (κ3) is 21.8. The summed E-state index contributed by atoms with van der Waals surface area (Å²) in [5, 5.41) is 9.86. The van der Waals surface area contributed by atoms with Gasteiger partial charge in [-0.3, -0.25) is 0 Å². The Kier molecular flexibility index (Phi) is 17.2. The third-order valence-electron chi connectivity index (χ3n) is 4.71. The maximum absolute atomic E-state index is 9.86. The first-order valence-electron chi connectivity index (χ1n) is 11.0. The van der Waals surface area contributed by atoms with Crippen LogP contribution in [0.4, 0.5) is 0 Å². The van der Waals surface area contributed by atoms with Gasteiger partial charge in [-0.15, -0.1) is 0 Å². The monoisotopic (exact) mass is 358 g/mol. The topological polar surface area (TPSA) is 29.5 Å². The van der Waals surface area contributed by atoms with E-state index in [9.17, 15) is 5.11 Å². The molecule has 0 saturated heterocycles. The minimum absolute atomic E-state index is 0.341. The number of quaternary nitrogens is 1.